The standard InChI is InChI=1S/C25H25NO5/c1-17-9-11-21(23(13-17)30-15-19-7-5-4-6-8-19)26-25(28)16-31-22-12-10-20(18(2)27)14-24(22)29-3/h4-14H,15-16H2,1-3H3,(H,26,28). The number of rotatable bonds is 9. The Labute approximate surface area is 181 Å². The van der Waals surface area contributed by atoms with Crippen LogP contribution in [0.3, 0.4) is 0 Å². The molecule has 0 bridgehead atoms. The summed E-state index contributed by atoms with van der Waals surface area (Å²) in [6, 6.07) is 20.2. The molecule has 0 radical (unpaired) electrons. The zero-order valence-electron chi connectivity index (χ0n) is 17.8. The second-order valence-corrected chi connectivity index (χ2v) is 7.03. The van der Waals surface area contributed by atoms with Crippen LogP contribution in [0.5, 0.6) is 17.2 Å². The third-order valence-electron chi connectivity index (χ3n) is 4.58. The van der Waals surface area contributed by atoms with E-state index < -0.39 is 0 Å². The maximum atomic E-state index is 12.5. The Bertz CT molecular complexity index is 1060. The molecule has 0 aromatic heterocycles. The molecule has 3 aromatic rings. The molecule has 0 saturated heterocycles. The number of methoxy groups -OCH3 is 1. The van der Waals surface area contributed by atoms with E-state index in [1.165, 1.54) is 14.0 Å². The molecule has 0 atom stereocenters. The maximum Gasteiger partial charge on any atom is 0.262 e. The molecule has 0 aliphatic carbocycles. The van der Waals surface area contributed by atoms with E-state index in [1.54, 1.807) is 24.3 Å². The van der Waals surface area contributed by atoms with E-state index in [1.807, 2.05) is 49.4 Å². The topological polar surface area (TPSA) is 73.9 Å². The van der Waals surface area contributed by atoms with Gasteiger partial charge in [-0.05, 0) is 55.3 Å². The van der Waals surface area contributed by atoms with Crippen molar-refractivity contribution in [2.24, 2.45) is 0 Å². The molecule has 0 heterocycles. The highest BCUT2D eigenvalue weighted by molar-refractivity contribution is 5.95. The fourth-order valence-electron chi connectivity index (χ4n) is 2.92. The minimum absolute atomic E-state index is 0.0787. The van der Waals surface area contributed by atoms with E-state index in [9.17, 15) is 9.59 Å². The Kier molecular flexibility index (Phi) is 7.27. The van der Waals surface area contributed by atoms with Gasteiger partial charge in [-0.2, -0.15) is 0 Å². The van der Waals surface area contributed by atoms with Crippen molar-refractivity contribution in [3.63, 3.8) is 0 Å². The molecule has 31 heavy (non-hydrogen) atoms. The van der Waals surface area contributed by atoms with Gasteiger partial charge in [0.05, 0.1) is 12.8 Å². The van der Waals surface area contributed by atoms with Crippen LogP contribution in [0.25, 0.3) is 0 Å². The van der Waals surface area contributed by atoms with Crippen molar-refractivity contribution in [1.82, 2.24) is 0 Å². The summed E-state index contributed by atoms with van der Waals surface area (Å²) in [5.74, 6) is 0.937. The molecule has 3 aromatic carbocycles. The first kappa shape index (κ1) is 21.9. The second kappa shape index (κ2) is 10.3. The number of hydrogen-bond donors (Lipinski definition) is 1. The van der Waals surface area contributed by atoms with Gasteiger partial charge in [-0.1, -0.05) is 36.4 Å². The van der Waals surface area contributed by atoms with Gasteiger partial charge in [-0.25, -0.2) is 0 Å². The Morgan fingerprint density at radius 3 is 2.35 bits per heavy atom. The quantitative estimate of drug-likeness (QED) is 0.504. The van der Waals surface area contributed by atoms with Crippen LogP contribution >= 0.6 is 0 Å². The number of aryl methyl sites for hydroxylation is 1. The van der Waals surface area contributed by atoms with Crippen molar-refractivity contribution in [1.29, 1.82) is 0 Å². The Balaban J connectivity index is 1.64. The number of carbonyl (C=O) groups excluding carboxylic acids is 2. The van der Waals surface area contributed by atoms with Crippen molar-refractivity contribution in [2.75, 3.05) is 19.0 Å². The predicted molar refractivity (Wildman–Crippen MR) is 119 cm³/mol. The Morgan fingerprint density at radius 2 is 1.65 bits per heavy atom. The van der Waals surface area contributed by atoms with Crippen LogP contribution in [-0.2, 0) is 11.4 Å². The summed E-state index contributed by atoms with van der Waals surface area (Å²) in [6.07, 6.45) is 0. The number of benzene rings is 3. The van der Waals surface area contributed by atoms with E-state index in [0.29, 0.717) is 35.1 Å². The van der Waals surface area contributed by atoms with E-state index in [2.05, 4.69) is 5.32 Å². The normalized spacial score (nSPS) is 10.3. The molecule has 6 heteroatoms. The first-order chi connectivity index (χ1) is 15.0. The number of hydrogen-bond acceptors (Lipinski definition) is 5. The molecule has 0 unspecified atom stereocenters. The van der Waals surface area contributed by atoms with Gasteiger partial charge in [0.15, 0.2) is 23.9 Å². The lowest BCUT2D eigenvalue weighted by Gasteiger charge is -2.15. The molecule has 0 spiro atoms. The summed E-state index contributed by atoms with van der Waals surface area (Å²) >= 11 is 0. The monoisotopic (exact) mass is 419 g/mol. The SMILES string of the molecule is COc1cc(C(C)=O)ccc1OCC(=O)Nc1ccc(C)cc1OCc1ccccc1. The number of carbonyl (C=O) groups is 2. The zero-order valence-corrected chi connectivity index (χ0v) is 17.8. The van der Waals surface area contributed by atoms with Gasteiger partial charge in [-0.3, -0.25) is 9.59 Å². The number of Topliss-reactive ketones (excluding diaryl/α,β-unsaturated/α-hetero) is 1. The molecule has 1 N–H and O–H groups in total. The molecule has 0 aliphatic heterocycles. The number of ketones is 1. The Morgan fingerprint density at radius 1 is 0.871 bits per heavy atom. The highest BCUT2D eigenvalue weighted by atomic mass is 16.5. The van der Waals surface area contributed by atoms with E-state index in [0.717, 1.165) is 11.1 Å². The van der Waals surface area contributed by atoms with Gasteiger partial charge >= 0.3 is 0 Å². The van der Waals surface area contributed by atoms with Gasteiger partial charge in [0.1, 0.15) is 12.4 Å². The fourth-order valence-corrected chi connectivity index (χ4v) is 2.92. The second-order valence-electron chi connectivity index (χ2n) is 7.03. The summed E-state index contributed by atoms with van der Waals surface area (Å²) in [5.41, 5.74) is 3.13. The fraction of sp³-hybridized carbons (Fsp3) is 0.200. The highest BCUT2D eigenvalue weighted by Crippen LogP contribution is 2.29. The smallest absolute Gasteiger partial charge is 0.262 e. The van der Waals surface area contributed by atoms with E-state index in [4.69, 9.17) is 14.2 Å². The molecule has 1 amide bonds. The van der Waals surface area contributed by atoms with Crippen molar-refractivity contribution in [3.8, 4) is 17.2 Å². The average molecular weight is 419 g/mol. The minimum Gasteiger partial charge on any atom is -0.493 e. The third-order valence-corrected chi connectivity index (χ3v) is 4.58. The lowest BCUT2D eigenvalue weighted by molar-refractivity contribution is -0.118. The zero-order chi connectivity index (χ0) is 22.2. The summed E-state index contributed by atoms with van der Waals surface area (Å²) in [6.45, 7) is 3.61. The van der Waals surface area contributed by atoms with Crippen LogP contribution < -0.4 is 19.5 Å². The summed E-state index contributed by atoms with van der Waals surface area (Å²) in [4.78, 5) is 24.0. The lowest BCUT2D eigenvalue weighted by Crippen LogP contribution is -2.21. The molecule has 160 valence electrons. The number of nitrogens with one attached hydrogen (secondary N) is 1. The minimum atomic E-state index is -0.342. The first-order valence-corrected chi connectivity index (χ1v) is 9.85. The number of anilines is 1. The highest BCUT2D eigenvalue weighted by Gasteiger charge is 2.13. The number of ether oxygens (including phenoxy) is 3. The molecular formula is C25H25NO5. The third kappa shape index (κ3) is 6.09. The van der Waals surface area contributed by atoms with Crippen LogP contribution in [0.4, 0.5) is 5.69 Å². The molecule has 0 aliphatic rings. The first-order valence-electron chi connectivity index (χ1n) is 9.85. The average Bonchev–Trinajstić information content (AvgIpc) is 2.78. The summed E-state index contributed by atoms with van der Waals surface area (Å²) < 4.78 is 16.8. The summed E-state index contributed by atoms with van der Waals surface area (Å²) in [7, 11) is 1.48. The van der Waals surface area contributed by atoms with E-state index in [-0.39, 0.29) is 18.3 Å². The molecule has 0 saturated carbocycles. The van der Waals surface area contributed by atoms with Crippen molar-refractivity contribution in [2.45, 2.75) is 20.5 Å². The summed E-state index contributed by atoms with van der Waals surface area (Å²) in [5, 5.41) is 2.83. The van der Waals surface area contributed by atoms with Crippen molar-refractivity contribution in [3.05, 3.63) is 83.4 Å². The van der Waals surface area contributed by atoms with E-state index >= 15 is 0 Å². The van der Waals surface area contributed by atoms with Gasteiger partial charge in [-0.15, -0.1) is 0 Å². The van der Waals surface area contributed by atoms with Gasteiger partial charge in [0.2, 0.25) is 0 Å². The molecule has 3 rings (SSSR count). The van der Waals surface area contributed by atoms with Gasteiger partial charge < -0.3 is 19.5 Å². The van der Waals surface area contributed by atoms with Gasteiger partial charge in [0, 0.05) is 5.56 Å². The van der Waals surface area contributed by atoms with Crippen LogP contribution in [-0.4, -0.2) is 25.4 Å². The van der Waals surface area contributed by atoms with Crippen LogP contribution in [0.1, 0.15) is 28.4 Å². The van der Waals surface area contributed by atoms with Gasteiger partial charge in [0.25, 0.3) is 5.91 Å². The molecule has 6 nitrogen and oxygen atoms in total. The van der Waals surface area contributed by atoms with Crippen molar-refractivity contribution < 1.29 is 23.8 Å². The van der Waals surface area contributed by atoms with Crippen LogP contribution in [0.15, 0.2) is 66.7 Å². The maximum absolute atomic E-state index is 12.5. The molecule has 0 fully saturated rings. The van der Waals surface area contributed by atoms with Crippen molar-refractivity contribution >= 4 is 17.4 Å². The Hall–Kier alpha value is -3.80. The lowest BCUT2D eigenvalue weighted by atomic mass is 10.1. The van der Waals surface area contributed by atoms with Crippen LogP contribution in [0.2, 0.25) is 0 Å². The predicted octanol–water partition coefficient (Wildman–Crippen LogP) is 4.80. The number of amides is 1. The van der Waals surface area contributed by atoms with Crippen LogP contribution in [0, 0.1) is 6.92 Å². The largest absolute Gasteiger partial charge is 0.493 e. The molecular weight excluding hydrogens is 394 g/mol.